The SMILES string of the molecule is CC(C)Nc1nc(Cl)nc2cccc([N+](=O)[O-])c12. The van der Waals surface area contributed by atoms with E-state index < -0.39 is 4.92 Å². The van der Waals surface area contributed by atoms with Gasteiger partial charge in [0.2, 0.25) is 5.28 Å². The van der Waals surface area contributed by atoms with Crippen LogP contribution in [0.5, 0.6) is 0 Å². The van der Waals surface area contributed by atoms with Crippen LogP contribution >= 0.6 is 11.6 Å². The summed E-state index contributed by atoms with van der Waals surface area (Å²) in [6.07, 6.45) is 0. The van der Waals surface area contributed by atoms with Crippen LogP contribution in [0.4, 0.5) is 11.5 Å². The van der Waals surface area contributed by atoms with Gasteiger partial charge in [-0.15, -0.1) is 0 Å². The summed E-state index contributed by atoms with van der Waals surface area (Å²) in [5.74, 6) is 0.382. The van der Waals surface area contributed by atoms with E-state index in [1.54, 1.807) is 12.1 Å². The number of nitrogens with zero attached hydrogens (tertiary/aromatic N) is 3. The number of hydrogen-bond donors (Lipinski definition) is 1. The highest BCUT2D eigenvalue weighted by Gasteiger charge is 2.18. The van der Waals surface area contributed by atoms with E-state index in [2.05, 4.69) is 15.3 Å². The van der Waals surface area contributed by atoms with E-state index in [0.29, 0.717) is 16.7 Å². The highest BCUT2D eigenvalue weighted by molar-refractivity contribution is 6.29. The van der Waals surface area contributed by atoms with Gasteiger partial charge in [-0.2, -0.15) is 4.98 Å². The van der Waals surface area contributed by atoms with Crippen LogP contribution in [0.1, 0.15) is 13.8 Å². The molecule has 1 heterocycles. The molecule has 0 saturated heterocycles. The van der Waals surface area contributed by atoms with Crippen LogP contribution in [0.25, 0.3) is 10.9 Å². The highest BCUT2D eigenvalue weighted by atomic mass is 35.5. The quantitative estimate of drug-likeness (QED) is 0.525. The van der Waals surface area contributed by atoms with E-state index >= 15 is 0 Å². The number of hydrogen-bond acceptors (Lipinski definition) is 5. The molecule has 0 amide bonds. The van der Waals surface area contributed by atoms with Crippen molar-refractivity contribution in [3.8, 4) is 0 Å². The van der Waals surface area contributed by atoms with Gasteiger partial charge in [-0.05, 0) is 31.5 Å². The molecule has 2 aromatic rings. The van der Waals surface area contributed by atoms with Gasteiger partial charge >= 0.3 is 0 Å². The summed E-state index contributed by atoms with van der Waals surface area (Å²) >= 11 is 5.81. The predicted molar refractivity (Wildman–Crippen MR) is 70.0 cm³/mol. The number of nitro benzene ring substituents is 1. The number of rotatable bonds is 3. The number of aromatic nitrogens is 2. The van der Waals surface area contributed by atoms with Gasteiger partial charge in [0.25, 0.3) is 5.69 Å². The lowest BCUT2D eigenvalue weighted by molar-refractivity contribution is -0.383. The minimum Gasteiger partial charge on any atom is -0.367 e. The molecule has 94 valence electrons. The molecule has 0 radical (unpaired) electrons. The Bertz CT molecular complexity index is 615. The van der Waals surface area contributed by atoms with E-state index in [9.17, 15) is 10.1 Å². The zero-order valence-corrected chi connectivity index (χ0v) is 10.6. The molecule has 0 fully saturated rings. The van der Waals surface area contributed by atoms with Crippen LogP contribution in [0.2, 0.25) is 5.28 Å². The average Bonchev–Trinajstić information content (AvgIpc) is 2.26. The van der Waals surface area contributed by atoms with Crippen LogP contribution in [-0.2, 0) is 0 Å². The van der Waals surface area contributed by atoms with Crippen molar-refractivity contribution in [3.63, 3.8) is 0 Å². The number of anilines is 1. The third kappa shape index (κ3) is 2.33. The lowest BCUT2D eigenvalue weighted by Crippen LogP contribution is -2.12. The summed E-state index contributed by atoms with van der Waals surface area (Å²) in [7, 11) is 0. The van der Waals surface area contributed by atoms with Crippen LogP contribution < -0.4 is 5.32 Å². The summed E-state index contributed by atoms with van der Waals surface area (Å²) in [4.78, 5) is 18.6. The molecule has 0 unspecified atom stereocenters. The molecule has 0 spiro atoms. The van der Waals surface area contributed by atoms with E-state index in [0.717, 1.165) is 0 Å². The maximum atomic E-state index is 11.0. The van der Waals surface area contributed by atoms with E-state index in [1.165, 1.54) is 6.07 Å². The third-order valence-electron chi connectivity index (χ3n) is 2.30. The molecule has 18 heavy (non-hydrogen) atoms. The maximum absolute atomic E-state index is 11.0. The Hall–Kier alpha value is -1.95. The second-order valence-electron chi connectivity index (χ2n) is 4.07. The van der Waals surface area contributed by atoms with Crippen molar-refractivity contribution in [1.29, 1.82) is 0 Å². The van der Waals surface area contributed by atoms with Crippen molar-refractivity contribution < 1.29 is 4.92 Å². The van der Waals surface area contributed by atoms with Gasteiger partial charge in [-0.25, -0.2) is 4.98 Å². The second kappa shape index (κ2) is 4.73. The zero-order chi connectivity index (χ0) is 13.3. The first-order valence-electron chi connectivity index (χ1n) is 5.36. The molecule has 1 aromatic heterocycles. The Morgan fingerprint density at radius 3 is 2.72 bits per heavy atom. The standard InChI is InChI=1S/C11H11ClN4O2/c1-6(2)13-10-9-7(14-11(12)15-10)4-3-5-8(9)16(17)18/h3-6H,1-2H3,(H,13,14,15). The van der Waals surface area contributed by atoms with Crippen LogP contribution in [0.3, 0.4) is 0 Å². The molecule has 6 nitrogen and oxygen atoms in total. The monoisotopic (exact) mass is 266 g/mol. The third-order valence-corrected chi connectivity index (χ3v) is 2.47. The minimum absolute atomic E-state index is 0.0349. The smallest absolute Gasteiger partial charge is 0.282 e. The molecule has 0 aliphatic heterocycles. The van der Waals surface area contributed by atoms with Gasteiger partial charge in [0.15, 0.2) is 0 Å². The first-order valence-corrected chi connectivity index (χ1v) is 5.74. The molecule has 2 rings (SSSR count). The van der Waals surface area contributed by atoms with Crippen molar-refractivity contribution in [2.24, 2.45) is 0 Å². The number of benzene rings is 1. The van der Waals surface area contributed by atoms with Gasteiger partial charge in [-0.3, -0.25) is 10.1 Å². The van der Waals surface area contributed by atoms with Gasteiger partial charge in [0.05, 0.1) is 10.4 Å². The van der Waals surface area contributed by atoms with Crippen molar-refractivity contribution in [3.05, 3.63) is 33.6 Å². The fraction of sp³-hybridized carbons (Fsp3) is 0.273. The number of halogens is 1. The Balaban J connectivity index is 2.77. The van der Waals surface area contributed by atoms with Crippen LogP contribution in [0.15, 0.2) is 18.2 Å². The molecule has 0 bridgehead atoms. The zero-order valence-electron chi connectivity index (χ0n) is 9.85. The Labute approximate surface area is 108 Å². The van der Waals surface area contributed by atoms with Crippen LogP contribution in [-0.4, -0.2) is 20.9 Å². The lowest BCUT2D eigenvalue weighted by Gasteiger charge is -2.11. The highest BCUT2D eigenvalue weighted by Crippen LogP contribution is 2.31. The molecule has 7 heteroatoms. The summed E-state index contributed by atoms with van der Waals surface area (Å²) in [6, 6.07) is 4.74. The summed E-state index contributed by atoms with van der Waals surface area (Å²) in [6.45, 7) is 3.83. The number of fused-ring (bicyclic) bond motifs is 1. The molecular weight excluding hydrogens is 256 g/mol. The molecule has 1 N–H and O–H groups in total. The van der Waals surface area contributed by atoms with E-state index in [4.69, 9.17) is 11.6 Å². The second-order valence-corrected chi connectivity index (χ2v) is 4.41. The number of non-ortho nitro benzene ring substituents is 1. The van der Waals surface area contributed by atoms with Crippen LogP contribution in [0, 0.1) is 10.1 Å². The van der Waals surface area contributed by atoms with Gasteiger partial charge in [-0.1, -0.05) is 6.07 Å². The first kappa shape index (κ1) is 12.5. The Kier molecular flexibility index (Phi) is 3.29. The predicted octanol–water partition coefficient (Wildman–Crippen LogP) is 3.01. The molecule has 0 saturated carbocycles. The topological polar surface area (TPSA) is 81.0 Å². The number of nitrogens with one attached hydrogen (secondary N) is 1. The lowest BCUT2D eigenvalue weighted by atomic mass is 10.2. The van der Waals surface area contributed by atoms with Gasteiger partial charge < -0.3 is 5.32 Å². The fourth-order valence-electron chi connectivity index (χ4n) is 1.67. The van der Waals surface area contributed by atoms with Crippen molar-refractivity contribution >= 4 is 34.0 Å². The van der Waals surface area contributed by atoms with Gasteiger partial charge in [0, 0.05) is 12.1 Å². The summed E-state index contributed by atoms with van der Waals surface area (Å²) in [5.41, 5.74) is 0.416. The fourth-order valence-corrected chi connectivity index (χ4v) is 1.84. The summed E-state index contributed by atoms with van der Waals surface area (Å²) in [5, 5.41) is 14.5. The molecule has 0 aliphatic rings. The van der Waals surface area contributed by atoms with Crippen molar-refractivity contribution in [2.45, 2.75) is 19.9 Å². The minimum atomic E-state index is -0.453. The molecule has 0 atom stereocenters. The summed E-state index contributed by atoms with van der Waals surface area (Å²) < 4.78 is 0. The molecular formula is C11H11ClN4O2. The Morgan fingerprint density at radius 2 is 2.11 bits per heavy atom. The Morgan fingerprint density at radius 1 is 1.39 bits per heavy atom. The largest absolute Gasteiger partial charge is 0.367 e. The van der Waals surface area contributed by atoms with Crippen molar-refractivity contribution in [2.75, 3.05) is 5.32 Å². The first-order chi connectivity index (χ1) is 8.49. The molecule has 0 aliphatic carbocycles. The number of nitro groups is 1. The van der Waals surface area contributed by atoms with E-state index in [1.807, 2.05) is 13.8 Å². The van der Waals surface area contributed by atoms with E-state index in [-0.39, 0.29) is 17.0 Å². The van der Waals surface area contributed by atoms with Crippen molar-refractivity contribution in [1.82, 2.24) is 9.97 Å². The maximum Gasteiger partial charge on any atom is 0.282 e. The van der Waals surface area contributed by atoms with Gasteiger partial charge in [0.1, 0.15) is 11.2 Å². The normalized spacial score (nSPS) is 10.9. The average molecular weight is 267 g/mol. The molecule has 1 aromatic carbocycles.